The van der Waals surface area contributed by atoms with Gasteiger partial charge in [0.2, 0.25) is 11.7 Å². The van der Waals surface area contributed by atoms with Crippen molar-refractivity contribution in [2.24, 2.45) is 11.7 Å². The molecule has 1 aromatic heterocycles. The first-order valence-corrected chi connectivity index (χ1v) is 8.21. The van der Waals surface area contributed by atoms with Crippen molar-refractivity contribution >= 4 is 17.7 Å². The molecule has 2 rings (SSSR count). The van der Waals surface area contributed by atoms with Crippen LogP contribution in [-0.4, -0.2) is 45.8 Å². The number of rotatable bonds is 9. The van der Waals surface area contributed by atoms with Crippen LogP contribution in [0.5, 0.6) is 0 Å². The highest BCUT2D eigenvalue weighted by Gasteiger charge is 2.26. The van der Waals surface area contributed by atoms with Crippen LogP contribution in [0.1, 0.15) is 28.3 Å². The summed E-state index contributed by atoms with van der Waals surface area (Å²) in [6.45, 7) is 0. The molecule has 0 aliphatic heterocycles. The van der Waals surface area contributed by atoms with Gasteiger partial charge in [0.15, 0.2) is 5.82 Å². The number of nitrogens with one attached hydrogen (secondary N) is 2. The molecule has 138 valence electrons. The molecule has 0 saturated heterocycles. The summed E-state index contributed by atoms with van der Waals surface area (Å²) in [6, 6.07) is 8.32. The number of amides is 1. The van der Waals surface area contributed by atoms with E-state index in [4.69, 9.17) is 10.8 Å². The highest BCUT2D eigenvalue weighted by atomic mass is 16.4. The second kappa shape index (κ2) is 8.91. The lowest BCUT2D eigenvalue weighted by atomic mass is 9.91. The van der Waals surface area contributed by atoms with Crippen molar-refractivity contribution < 1.29 is 19.5 Å². The number of carbonyl (C=O) groups excluding carboxylic acids is 2. The van der Waals surface area contributed by atoms with E-state index < -0.39 is 17.9 Å². The Hall–Kier alpha value is -3.00. The van der Waals surface area contributed by atoms with Gasteiger partial charge >= 0.3 is 5.97 Å². The Morgan fingerprint density at radius 1 is 1.23 bits per heavy atom. The van der Waals surface area contributed by atoms with Crippen LogP contribution in [0.2, 0.25) is 0 Å². The van der Waals surface area contributed by atoms with Crippen molar-refractivity contribution in [2.75, 3.05) is 7.05 Å². The van der Waals surface area contributed by atoms with E-state index in [1.54, 1.807) is 0 Å². The van der Waals surface area contributed by atoms with Crippen molar-refractivity contribution in [3.63, 3.8) is 0 Å². The molecule has 8 heteroatoms. The molecular formula is C18H22N4O4. The molecule has 1 amide bonds. The number of ketones is 1. The smallest absolute Gasteiger partial charge is 0.320 e. The first-order valence-electron chi connectivity index (χ1n) is 8.21. The van der Waals surface area contributed by atoms with E-state index in [2.05, 4.69) is 15.3 Å². The number of hydrogen-bond donors (Lipinski definition) is 4. The average molecular weight is 358 g/mol. The quantitative estimate of drug-likeness (QED) is 0.483. The molecule has 2 atom stereocenters. The van der Waals surface area contributed by atoms with E-state index in [-0.39, 0.29) is 30.4 Å². The van der Waals surface area contributed by atoms with Crippen molar-refractivity contribution in [3.8, 4) is 0 Å². The first kappa shape index (κ1) is 19.3. The molecule has 2 aromatic rings. The summed E-state index contributed by atoms with van der Waals surface area (Å²) in [5.41, 5.74) is 6.89. The lowest BCUT2D eigenvalue weighted by molar-refractivity contribution is -0.138. The van der Waals surface area contributed by atoms with Gasteiger partial charge in [-0.3, -0.25) is 14.4 Å². The zero-order chi connectivity index (χ0) is 19.1. The number of nitrogens with zero attached hydrogens (tertiary/aromatic N) is 1. The van der Waals surface area contributed by atoms with Crippen LogP contribution in [-0.2, 0) is 22.4 Å². The minimum Gasteiger partial charge on any atom is -0.480 e. The standard InChI is InChI=1S/C18H22N4O4/c1-20-15(23)8-12(7-11-5-3-2-4-6-11)16(24)17-21-10-13(22-17)9-14(19)18(25)26/h2-6,10,12,14H,7-9,19H2,1H3,(H,20,23)(H,21,22)(H,25,26)/t12-,14-/m1/s1. The van der Waals surface area contributed by atoms with Crippen molar-refractivity contribution in [1.29, 1.82) is 0 Å². The van der Waals surface area contributed by atoms with E-state index in [9.17, 15) is 14.4 Å². The maximum atomic E-state index is 12.8. The van der Waals surface area contributed by atoms with Crippen LogP contribution < -0.4 is 11.1 Å². The number of aromatic nitrogens is 2. The summed E-state index contributed by atoms with van der Waals surface area (Å²) >= 11 is 0. The molecule has 0 aliphatic rings. The number of aliphatic carboxylic acids is 1. The van der Waals surface area contributed by atoms with Gasteiger partial charge in [-0.2, -0.15) is 0 Å². The molecule has 0 bridgehead atoms. The monoisotopic (exact) mass is 358 g/mol. The zero-order valence-corrected chi connectivity index (χ0v) is 14.4. The fraction of sp³-hybridized carbons (Fsp3) is 0.333. The molecular weight excluding hydrogens is 336 g/mol. The van der Waals surface area contributed by atoms with Crippen LogP contribution >= 0.6 is 0 Å². The van der Waals surface area contributed by atoms with Gasteiger partial charge in [-0.25, -0.2) is 4.98 Å². The third-order valence-electron chi connectivity index (χ3n) is 4.03. The van der Waals surface area contributed by atoms with Crippen molar-refractivity contribution in [3.05, 3.63) is 53.6 Å². The Balaban J connectivity index is 2.16. The summed E-state index contributed by atoms with van der Waals surface area (Å²) in [6.07, 6.45) is 1.87. The Labute approximate surface area is 150 Å². The molecule has 0 fully saturated rings. The number of aromatic amines is 1. The summed E-state index contributed by atoms with van der Waals surface area (Å²) in [5, 5.41) is 11.4. The van der Waals surface area contributed by atoms with Gasteiger partial charge in [-0.15, -0.1) is 0 Å². The Morgan fingerprint density at radius 2 is 1.92 bits per heavy atom. The highest BCUT2D eigenvalue weighted by Crippen LogP contribution is 2.17. The summed E-state index contributed by atoms with van der Waals surface area (Å²) in [7, 11) is 1.52. The predicted octanol–water partition coefficient (Wildman–Crippen LogP) is 0.542. The van der Waals surface area contributed by atoms with Gasteiger partial charge in [0.05, 0.1) is 0 Å². The molecule has 0 radical (unpaired) electrons. The zero-order valence-electron chi connectivity index (χ0n) is 14.4. The highest BCUT2D eigenvalue weighted by molar-refractivity contribution is 5.97. The second-order valence-corrected chi connectivity index (χ2v) is 6.03. The fourth-order valence-corrected chi connectivity index (χ4v) is 2.59. The van der Waals surface area contributed by atoms with Gasteiger partial charge in [0.25, 0.3) is 0 Å². The number of H-pyrrole nitrogens is 1. The third-order valence-corrected chi connectivity index (χ3v) is 4.03. The number of carboxylic acid groups (broad SMARTS) is 1. The molecule has 0 aliphatic carbocycles. The summed E-state index contributed by atoms with van der Waals surface area (Å²) in [5.74, 6) is -2.15. The van der Waals surface area contributed by atoms with Crippen LogP contribution in [0.3, 0.4) is 0 Å². The number of benzene rings is 1. The average Bonchev–Trinajstić information content (AvgIpc) is 3.09. The minimum absolute atomic E-state index is 0.0361. The fourth-order valence-electron chi connectivity index (χ4n) is 2.59. The number of imidazole rings is 1. The summed E-state index contributed by atoms with van der Waals surface area (Å²) < 4.78 is 0. The Bertz CT molecular complexity index is 773. The molecule has 1 aromatic carbocycles. The summed E-state index contributed by atoms with van der Waals surface area (Å²) in [4.78, 5) is 42.3. The van der Waals surface area contributed by atoms with E-state index in [1.165, 1.54) is 13.2 Å². The molecule has 26 heavy (non-hydrogen) atoms. The predicted molar refractivity (Wildman–Crippen MR) is 94.6 cm³/mol. The van der Waals surface area contributed by atoms with Crippen molar-refractivity contribution in [2.45, 2.75) is 25.3 Å². The topological polar surface area (TPSA) is 138 Å². The normalized spacial score (nSPS) is 13.0. The van der Waals surface area contributed by atoms with Crippen LogP contribution in [0, 0.1) is 5.92 Å². The van der Waals surface area contributed by atoms with E-state index >= 15 is 0 Å². The first-order chi connectivity index (χ1) is 12.4. The minimum atomic E-state index is -1.13. The molecule has 0 spiro atoms. The van der Waals surface area contributed by atoms with Gasteiger partial charge in [0.1, 0.15) is 6.04 Å². The van der Waals surface area contributed by atoms with Crippen LogP contribution in [0.25, 0.3) is 0 Å². The number of hydrogen-bond acceptors (Lipinski definition) is 5. The van der Waals surface area contributed by atoms with Gasteiger partial charge in [0, 0.05) is 37.7 Å². The van der Waals surface area contributed by atoms with E-state index in [1.807, 2.05) is 30.3 Å². The molecule has 0 saturated carbocycles. The Kier molecular flexibility index (Phi) is 6.62. The van der Waals surface area contributed by atoms with Crippen LogP contribution in [0.15, 0.2) is 36.5 Å². The second-order valence-electron chi connectivity index (χ2n) is 6.03. The van der Waals surface area contributed by atoms with Crippen LogP contribution in [0.4, 0.5) is 0 Å². The van der Waals surface area contributed by atoms with E-state index in [0.29, 0.717) is 12.1 Å². The third kappa shape index (κ3) is 5.25. The molecule has 5 N–H and O–H groups in total. The number of carbonyl (C=O) groups is 3. The lowest BCUT2D eigenvalue weighted by Crippen LogP contribution is -2.32. The van der Waals surface area contributed by atoms with Gasteiger partial charge in [-0.1, -0.05) is 30.3 Å². The lowest BCUT2D eigenvalue weighted by Gasteiger charge is -2.14. The van der Waals surface area contributed by atoms with E-state index in [0.717, 1.165) is 5.56 Å². The maximum Gasteiger partial charge on any atom is 0.320 e. The molecule has 0 unspecified atom stereocenters. The largest absolute Gasteiger partial charge is 0.480 e. The number of nitrogens with two attached hydrogens (primary N) is 1. The number of carboxylic acids is 1. The SMILES string of the molecule is CNC(=O)C[C@@H](Cc1ccccc1)C(=O)c1ncc(C[C@@H](N)C(=O)O)[nH]1. The van der Waals surface area contributed by atoms with Gasteiger partial charge < -0.3 is 21.1 Å². The van der Waals surface area contributed by atoms with Crippen molar-refractivity contribution in [1.82, 2.24) is 15.3 Å². The number of Topliss-reactive ketones (excluding diaryl/α,β-unsaturated/α-hetero) is 1. The Morgan fingerprint density at radius 3 is 2.54 bits per heavy atom. The molecule has 8 nitrogen and oxygen atoms in total. The van der Waals surface area contributed by atoms with Gasteiger partial charge in [-0.05, 0) is 12.0 Å². The molecule has 1 heterocycles. The maximum absolute atomic E-state index is 12.8.